The summed E-state index contributed by atoms with van der Waals surface area (Å²) < 4.78 is 5.49. The summed E-state index contributed by atoms with van der Waals surface area (Å²) in [6.07, 6.45) is 5.82. The normalized spacial score (nSPS) is 21.9. The minimum Gasteiger partial charge on any atom is -0.384 e. The van der Waals surface area contributed by atoms with Gasteiger partial charge in [0.25, 0.3) is 0 Å². The van der Waals surface area contributed by atoms with Gasteiger partial charge in [0.2, 0.25) is 5.91 Å². The molecule has 1 saturated carbocycles. The summed E-state index contributed by atoms with van der Waals surface area (Å²) >= 11 is 0. The topological polar surface area (TPSA) is 100 Å². The number of rotatable bonds is 4. The van der Waals surface area contributed by atoms with Gasteiger partial charge in [-0.2, -0.15) is 0 Å². The maximum Gasteiger partial charge on any atom is 0.245 e. The van der Waals surface area contributed by atoms with Crippen LogP contribution in [0.1, 0.15) is 50.9 Å². The van der Waals surface area contributed by atoms with Crippen LogP contribution in [0, 0.1) is 6.92 Å². The van der Waals surface area contributed by atoms with E-state index in [4.69, 9.17) is 9.72 Å². The van der Waals surface area contributed by atoms with Crippen LogP contribution < -0.4 is 10.2 Å². The molecule has 0 aromatic carbocycles. The fraction of sp³-hybridized carbons (Fsp3) is 0.545. The molecule has 0 atom stereocenters. The van der Waals surface area contributed by atoms with E-state index in [2.05, 4.69) is 20.2 Å². The van der Waals surface area contributed by atoms with Gasteiger partial charge in [-0.25, -0.2) is 9.97 Å². The summed E-state index contributed by atoms with van der Waals surface area (Å²) in [5.74, 6) is 1.15. The molecular weight excluding hydrogens is 382 g/mol. The third-order valence-corrected chi connectivity index (χ3v) is 6.00. The Bertz CT molecular complexity index is 948. The van der Waals surface area contributed by atoms with E-state index in [1.54, 1.807) is 27.2 Å². The fourth-order valence-corrected chi connectivity index (χ4v) is 4.27. The molecule has 30 heavy (non-hydrogen) atoms. The standard InChI is InChI=1S/C22H29N5O3/c1-13-16(9-10-18(24-13)22(2,3)29)17-11-23-20-21(25-17)27(12-19(28)26-20)14-5-7-15(30-4)8-6-14/h9-11,14-15,29H,5-8,12H2,1-4H3,(H,23,26,28)/t14-,15-. The second-order valence-electron chi connectivity index (χ2n) is 8.66. The van der Waals surface area contributed by atoms with E-state index >= 15 is 0 Å². The Hall–Kier alpha value is -2.58. The molecule has 2 aliphatic rings. The minimum atomic E-state index is -1.01. The monoisotopic (exact) mass is 411 g/mol. The van der Waals surface area contributed by atoms with Gasteiger partial charge in [-0.05, 0) is 58.6 Å². The van der Waals surface area contributed by atoms with Crippen molar-refractivity contribution in [3.8, 4) is 11.3 Å². The summed E-state index contributed by atoms with van der Waals surface area (Å²) in [5, 5.41) is 13.1. The first-order valence-corrected chi connectivity index (χ1v) is 10.4. The van der Waals surface area contributed by atoms with Crippen LogP contribution in [0.4, 0.5) is 11.6 Å². The smallest absolute Gasteiger partial charge is 0.245 e. The van der Waals surface area contributed by atoms with Gasteiger partial charge in [0.15, 0.2) is 11.6 Å². The van der Waals surface area contributed by atoms with E-state index in [0.29, 0.717) is 29.1 Å². The quantitative estimate of drug-likeness (QED) is 0.798. The number of methoxy groups -OCH3 is 1. The lowest BCUT2D eigenvalue weighted by Gasteiger charge is -2.39. The van der Waals surface area contributed by atoms with Gasteiger partial charge in [0, 0.05) is 24.4 Å². The van der Waals surface area contributed by atoms with Crippen LogP contribution in [-0.4, -0.2) is 51.8 Å². The number of aliphatic hydroxyl groups is 1. The van der Waals surface area contributed by atoms with E-state index in [0.717, 1.165) is 36.9 Å². The van der Waals surface area contributed by atoms with Crippen LogP contribution in [0.2, 0.25) is 0 Å². The summed E-state index contributed by atoms with van der Waals surface area (Å²) in [6.45, 7) is 5.61. The summed E-state index contributed by atoms with van der Waals surface area (Å²) in [7, 11) is 1.76. The molecule has 0 saturated heterocycles. The average Bonchev–Trinajstić information content (AvgIpc) is 2.72. The molecule has 1 fully saturated rings. The first kappa shape index (κ1) is 20.7. The highest BCUT2D eigenvalue weighted by Gasteiger charge is 2.33. The number of pyridine rings is 1. The molecule has 2 aromatic rings. The van der Waals surface area contributed by atoms with E-state index in [1.807, 2.05) is 19.1 Å². The molecule has 160 valence electrons. The lowest BCUT2D eigenvalue weighted by atomic mass is 9.91. The highest BCUT2D eigenvalue weighted by Crippen LogP contribution is 2.35. The number of aryl methyl sites for hydroxylation is 1. The number of nitrogens with zero attached hydrogens (tertiary/aromatic N) is 4. The Kier molecular flexibility index (Phi) is 5.46. The van der Waals surface area contributed by atoms with E-state index in [-0.39, 0.29) is 18.5 Å². The first-order valence-electron chi connectivity index (χ1n) is 10.4. The molecule has 8 nitrogen and oxygen atoms in total. The zero-order chi connectivity index (χ0) is 21.5. The van der Waals surface area contributed by atoms with E-state index < -0.39 is 5.60 Å². The molecule has 2 aromatic heterocycles. The van der Waals surface area contributed by atoms with Crippen molar-refractivity contribution in [2.24, 2.45) is 0 Å². The summed E-state index contributed by atoms with van der Waals surface area (Å²) in [5.41, 5.74) is 1.94. The van der Waals surface area contributed by atoms with Gasteiger partial charge in [-0.3, -0.25) is 9.78 Å². The highest BCUT2D eigenvalue weighted by molar-refractivity contribution is 5.99. The number of hydrogen-bond donors (Lipinski definition) is 2. The van der Waals surface area contributed by atoms with E-state index in [9.17, 15) is 9.90 Å². The largest absolute Gasteiger partial charge is 0.384 e. The summed E-state index contributed by atoms with van der Waals surface area (Å²) in [6, 6.07) is 3.97. The van der Waals surface area contributed by atoms with Gasteiger partial charge >= 0.3 is 0 Å². The lowest BCUT2D eigenvalue weighted by Crippen LogP contribution is -2.47. The molecule has 4 rings (SSSR count). The van der Waals surface area contributed by atoms with E-state index in [1.165, 1.54) is 0 Å². The third-order valence-electron chi connectivity index (χ3n) is 6.00. The number of anilines is 2. The van der Waals surface area contributed by atoms with Gasteiger partial charge in [-0.1, -0.05) is 0 Å². The maximum atomic E-state index is 12.3. The number of fused-ring (bicyclic) bond motifs is 1. The van der Waals surface area contributed by atoms with Gasteiger partial charge in [0.1, 0.15) is 5.60 Å². The third kappa shape index (κ3) is 4.02. The van der Waals surface area contributed by atoms with Crippen LogP contribution in [-0.2, 0) is 15.1 Å². The molecule has 1 amide bonds. The fourth-order valence-electron chi connectivity index (χ4n) is 4.27. The Morgan fingerprint density at radius 2 is 1.93 bits per heavy atom. The molecule has 0 unspecified atom stereocenters. The van der Waals surface area contributed by atoms with Gasteiger partial charge < -0.3 is 20.1 Å². The number of amides is 1. The first-order chi connectivity index (χ1) is 14.3. The Morgan fingerprint density at radius 3 is 2.57 bits per heavy atom. The SMILES string of the molecule is CO[C@H]1CC[C@H](N2CC(=O)Nc3ncc(-c4ccc(C(C)(C)O)nc4C)nc32)CC1. The number of carbonyl (C=O) groups is 1. The molecular formula is C22H29N5O3. The van der Waals surface area contributed by atoms with Crippen LogP contribution >= 0.6 is 0 Å². The van der Waals surface area contributed by atoms with Gasteiger partial charge in [-0.15, -0.1) is 0 Å². The maximum absolute atomic E-state index is 12.3. The van der Waals surface area contributed by atoms with Crippen molar-refractivity contribution >= 4 is 17.5 Å². The minimum absolute atomic E-state index is 0.0641. The van der Waals surface area contributed by atoms with Crippen molar-refractivity contribution in [3.63, 3.8) is 0 Å². The van der Waals surface area contributed by atoms with Crippen molar-refractivity contribution in [3.05, 3.63) is 29.7 Å². The van der Waals surface area contributed by atoms with Crippen LogP contribution in [0.15, 0.2) is 18.3 Å². The molecule has 0 bridgehead atoms. The number of nitrogens with one attached hydrogen (secondary N) is 1. The van der Waals surface area contributed by atoms with Crippen LogP contribution in [0.5, 0.6) is 0 Å². The number of hydrogen-bond acceptors (Lipinski definition) is 7. The van der Waals surface area contributed by atoms with Crippen molar-refractivity contribution in [2.45, 2.75) is 64.2 Å². The van der Waals surface area contributed by atoms with Crippen molar-refractivity contribution in [2.75, 3.05) is 23.9 Å². The molecule has 1 aliphatic heterocycles. The summed E-state index contributed by atoms with van der Waals surface area (Å²) in [4.78, 5) is 28.3. The molecule has 0 radical (unpaired) electrons. The van der Waals surface area contributed by atoms with Crippen molar-refractivity contribution in [1.29, 1.82) is 0 Å². The lowest BCUT2D eigenvalue weighted by molar-refractivity contribution is -0.115. The number of ether oxygens (including phenoxy) is 1. The Morgan fingerprint density at radius 1 is 1.20 bits per heavy atom. The van der Waals surface area contributed by atoms with Crippen LogP contribution in [0.3, 0.4) is 0 Å². The van der Waals surface area contributed by atoms with Gasteiger partial charge in [0.05, 0.1) is 30.2 Å². The molecule has 3 heterocycles. The molecule has 8 heteroatoms. The second-order valence-corrected chi connectivity index (χ2v) is 8.66. The zero-order valence-electron chi connectivity index (χ0n) is 18.0. The van der Waals surface area contributed by atoms with Crippen LogP contribution in [0.25, 0.3) is 11.3 Å². The molecule has 1 aliphatic carbocycles. The zero-order valence-corrected chi connectivity index (χ0v) is 18.0. The predicted molar refractivity (Wildman–Crippen MR) is 114 cm³/mol. The Balaban J connectivity index is 1.67. The average molecular weight is 412 g/mol. The highest BCUT2D eigenvalue weighted by atomic mass is 16.5. The molecule has 2 N–H and O–H groups in total. The predicted octanol–water partition coefficient (Wildman–Crippen LogP) is 2.79. The van der Waals surface area contributed by atoms with Crippen molar-refractivity contribution in [1.82, 2.24) is 15.0 Å². The second kappa shape index (κ2) is 7.92. The number of carbonyl (C=O) groups excluding carboxylic acids is 1. The number of aromatic nitrogens is 3. The Labute approximate surface area is 176 Å². The van der Waals surface area contributed by atoms with Crippen molar-refractivity contribution < 1.29 is 14.6 Å². The molecule has 0 spiro atoms.